The van der Waals surface area contributed by atoms with Crippen LogP contribution in [0.15, 0.2) is 18.2 Å². The van der Waals surface area contributed by atoms with E-state index in [1.165, 1.54) is 6.42 Å². The Balaban J connectivity index is 1.28. The van der Waals surface area contributed by atoms with Crippen molar-refractivity contribution in [1.29, 1.82) is 0 Å². The van der Waals surface area contributed by atoms with Crippen molar-refractivity contribution in [2.75, 3.05) is 20.2 Å². The third-order valence-electron chi connectivity index (χ3n) is 7.13. The molecule has 3 aliphatic heterocycles. The minimum absolute atomic E-state index is 0.132. The van der Waals surface area contributed by atoms with Crippen molar-refractivity contribution in [3.05, 3.63) is 29.3 Å². The summed E-state index contributed by atoms with van der Waals surface area (Å²) in [5.74, 6) is -0.0415. The molecule has 3 fully saturated rings. The van der Waals surface area contributed by atoms with E-state index in [1.807, 2.05) is 12.1 Å². The lowest BCUT2D eigenvalue weighted by Crippen LogP contribution is -2.60. The molecule has 1 N–H and O–H groups in total. The smallest absolute Gasteiger partial charge is 0.255 e. The van der Waals surface area contributed by atoms with Gasteiger partial charge in [-0.2, -0.15) is 0 Å². The van der Waals surface area contributed by atoms with Gasteiger partial charge in [-0.05, 0) is 49.4 Å². The van der Waals surface area contributed by atoms with Gasteiger partial charge in [0, 0.05) is 44.8 Å². The lowest BCUT2D eigenvalue weighted by atomic mass is 9.89. The van der Waals surface area contributed by atoms with Gasteiger partial charge in [-0.3, -0.25) is 24.6 Å². The van der Waals surface area contributed by atoms with Crippen molar-refractivity contribution in [2.24, 2.45) is 0 Å². The highest BCUT2D eigenvalue weighted by Crippen LogP contribution is 2.34. The first-order chi connectivity index (χ1) is 15.0. The van der Waals surface area contributed by atoms with Crippen LogP contribution in [0.2, 0.25) is 0 Å². The molecule has 3 heterocycles. The molecule has 1 aromatic rings. The third kappa shape index (κ3) is 3.83. The fourth-order valence-corrected chi connectivity index (χ4v) is 5.32. The SMILES string of the molecule is COC1CN([C@H]2CCCC[C@@H]2Oc2ccc3c(c2)CN(C2CCC(=O)NC2=O)C3=O)C1. The molecular weight excluding hydrogens is 398 g/mol. The van der Waals surface area contributed by atoms with E-state index in [0.29, 0.717) is 30.7 Å². The first-order valence-corrected chi connectivity index (χ1v) is 11.2. The van der Waals surface area contributed by atoms with Crippen LogP contribution in [0.5, 0.6) is 5.75 Å². The first kappa shape index (κ1) is 20.5. The fourth-order valence-electron chi connectivity index (χ4n) is 5.32. The number of nitrogens with one attached hydrogen (secondary N) is 1. The Kier molecular flexibility index (Phi) is 5.44. The third-order valence-corrected chi connectivity index (χ3v) is 7.13. The molecule has 2 saturated heterocycles. The minimum atomic E-state index is -0.593. The minimum Gasteiger partial charge on any atom is -0.489 e. The molecular formula is C23H29N3O5. The molecule has 8 heteroatoms. The van der Waals surface area contributed by atoms with Crippen LogP contribution in [0, 0.1) is 0 Å². The zero-order valence-electron chi connectivity index (χ0n) is 17.8. The molecule has 8 nitrogen and oxygen atoms in total. The van der Waals surface area contributed by atoms with E-state index >= 15 is 0 Å². The number of hydrogen-bond acceptors (Lipinski definition) is 6. The predicted octanol–water partition coefficient (Wildman–Crippen LogP) is 1.47. The summed E-state index contributed by atoms with van der Waals surface area (Å²) in [7, 11) is 1.76. The summed E-state index contributed by atoms with van der Waals surface area (Å²) >= 11 is 0. The molecule has 3 atom stereocenters. The number of rotatable bonds is 5. The van der Waals surface area contributed by atoms with Gasteiger partial charge in [0.05, 0.1) is 6.10 Å². The van der Waals surface area contributed by atoms with Crippen LogP contribution in [0.1, 0.15) is 54.4 Å². The second-order valence-electron chi connectivity index (χ2n) is 9.04. The average Bonchev–Trinajstić information content (AvgIpc) is 3.04. The summed E-state index contributed by atoms with van der Waals surface area (Å²) in [5, 5.41) is 2.34. The zero-order chi connectivity index (χ0) is 21.5. The largest absolute Gasteiger partial charge is 0.489 e. The molecule has 166 valence electrons. The van der Waals surface area contributed by atoms with Crippen molar-refractivity contribution >= 4 is 17.7 Å². The number of methoxy groups -OCH3 is 1. The monoisotopic (exact) mass is 427 g/mol. The lowest BCUT2D eigenvalue weighted by molar-refractivity contribution is -0.136. The van der Waals surface area contributed by atoms with Crippen LogP contribution >= 0.6 is 0 Å². The van der Waals surface area contributed by atoms with E-state index in [-0.39, 0.29) is 30.2 Å². The van der Waals surface area contributed by atoms with Gasteiger partial charge in [-0.1, -0.05) is 6.42 Å². The molecule has 4 aliphatic rings. The highest BCUT2D eigenvalue weighted by molar-refractivity contribution is 6.05. The quantitative estimate of drug-likeness (QED) is 0.716. The van der Waals surface area contributed by atoms with Crippen LogP contribution in [0.4, 0.5) is 0 Å². The first-order valence-electron chi connectivity index (χ1n) is 11.2. The van der Waals surface area contributed by atoms with Gasteiger partial charge in [0.25, 0.3) is 5.91 Å². The summed E-state index contributed by atoms with van der Waals surface area (Å²) in [6.07, 6.45) is 5.63. The molecule has 31 heavy (non-hydrogen) atoms. The van der Waals surface area contributed by atoms with Crippen molar-refractivity contribution < 1.29 is 23.9 Å². The van der Waals surface area contributed by atoms with Crippen LogP contribution < -0.4 is 10.1 Å². The van der Waals surface area contributed by atoms with E-state index in [2.05, 4.69) is 10.2 Å². The van der Waals surface area contributed by atoms with Crippen molar-refractivity contribution in [1.82, 2.24) is 15.1 Å². The number of ether oxygens (including phenoxy) is 2. The van der Waals surface area contributed by atoms with Gasteiger partial charge in [0.15, 0.2) is 0 Å². The van der Waals surface area contributed by atoms with E-state index in [4.69, 9.17) is 9.47 Å². The highest BCUT2D eigenvalue weighted by Gasteiger charge is 2.40. The summed E-state index contributed by atoms with van der Waals surface area (Å²) in [6.45, 7) is 2.29. The lowest BCUT2D eigenvalue weighted by Gasteiger charge is -2.47. The van der Waals surface area contributed by atoms with Crippen molar-refractivity contribution in [3.63, 3.8) is 0 Å². The number of amides is 3. The molecule has 3 amide bonds. The van der Waals surface area contributed by atoms with Crippen LogP contribution in [-0.4, -0.2) is 72.0 Å². The van der Waals surface area contributed by atoms with Gasteiger partial charge < -0.3 is 14.4 Å². The predicted molar refractivity (Wildman–Crippen MR) is 112 cm³/mol. The standard InChI is InChI=1S/C23H29N3O5/c1-30-16-12-25(13-16)18-4-2-3-5-20(18)31-15-6-7-17-14(10-15)11-26(23(17)29)19-8-9-21(27)24-22(19)28/h6-7,10,16,18-20H,2-5,8-9,11-13H2,1H3,(H,24,27,28)/t18-,19?,20-/m0/s1. The Morgan fingerprint density at radius 2 is 1.87 bits per heavy atom. The Hall–Kier alpha value is -2.45. The summed E-state index contributed by atoms with van der Waals surface area (Å²) in [5.41, 5.74) is 1.49. The van der Waals surface area contributed by atoms with E-state index in [1.54, 1.807) is 18.1 Å². The summed E-state index contributed by atoms with van der Waals surface area (Å²) in [4.78, 5) is 40.6. The number of hydrogen-bond donors (Lipinski definition) is 1. The van der Waals surface area contributed by atoms with E-state index in [0.717, 1.165) is 43.7 Å². The Bertz CT molecular complexity index is 897. The molecule has 1 aliphatic carbocycles. The Labute approximate surface area is 181 Å². The fraction of sp³-hybridized carbons (Fsp3) is 0.609. The van der Waals surface area contributed by atoms with Gasteiger partial charge in [0.1, 0.15) is 17.9 Å². The van der Waals surface area contributed by atoms with Crippen LogP contribution in [0.25, 0.3) is 0 Å². The van der Waals surface area contributed by atoms with Gasteiger partial charge in [-0.15, -0.1) is 0 Å². The molecule has 0 spiro atoms. The van der Waals surface area contributed by atoms with Gasteiger partial charge in [-0.25, -0.2) is 0 Å². The van der Waals surface area contributed by atoms with Gasteiger partial charge in [0.2, 0.25) is 11.8 Å². The number of carbonyl (C=O) groups is 3. The topological polar surface area (TPSA) is 88.2 Å². The van der Waals surface area contributed by atoms with E-state index < -0.39 is 6.04 Å². The van der Waals surface area contributed by atoms with E-state index in [9.17, 15) is 14.4 Å². The summed E-state index contributed by atoms with van der Waals surface area (Å²) < 4.78 is 11.9. The number of nitrogens with zero attached hydrogens (tertiary/aromatic N) is 2. The molecule has 1 saturated carbocycles. The van der Waals surface area contributed by atoms with Crippen molar-refractivity contribution in [2.45, 2.75) is 69.4 Å². The number of carbonyl (C=O) groups excluding carboxylic acids is 3. The molecule has 1 unspecified atom stereocenters. The second-order valence-corrected chi connectivity index (χ2v) is 9.04. The van der Waals surface area contributed by atoms with Crippen LogP contribution in [-0.2, 0) is 20.9 Å². The zero-order valence-corrected chi connectivity index (χ0v) is 17.8. The molecule has 1 aromatic carbocycles. The molecule has 5 rings (SSSR count). The normalized spacial score (nSPS) is 29.5. The maximum absolute atomic E-state index is 12.9. The summed E-state index contributed by atoms with van der Waals surface area (Å²) in [6, 6.07) is 5.42. The van der Waals surface area contributed by atoms with Crippen LogP contribution in [0.3, 0.4) is 0 Å². The maximum Gasteiger partial charge on any atom is 0.255 e. The number of imide groups is 1. The highest BCUT2D eigenvalue weighted by atomic mass is 16.5. The number of fused-ring (bicyclic) bond motifs is 1. The Morgan fingerprint density at radius 1 is 1.06 bits per heavy atom. The Morgan fingerprint density at radius 3 is 2.65 bits per heavy atom. The number of benzene rings is 1. The maximum atomic E-state index is 12.9. The number of likely N-dealkylation sites (tertiary alicyclic amines) is 1. The molecule has 0 aromatic heterocycles. The molecule has 0 radical (unpaired) electrons. The van der Waals surface area contributed by atoms with Crippen molar-refractivity contribution in [3.8, 4) is 5.75 Å². The molecule has 0 bridgehead atoms. The average molecular weight is 428 g/mol. The second kappa shape index (κ2) is 8.24. The van der Waals surface area contributed by atoms with Gasteiger partial charge >= 0.3 is 0 Å². The number of piperidine rings is 1.